The van der Waals surface area contributed by atoms with Gasteiger partial charge in [0.2, 0.25) is 0 Å². The van der Waals surface area contributed by atoms with Gasteiger partial charge in [-0.15, -0.1) is 0 Å². The average molecular weight is 520 g/mol. The lowest BCUT2D eigenvalue weighted by atomic mass is 10.1. The second kappa shape index (κ2) is 9.86. The van der Waals surface area contributed by atoms with E-state index in [1.807, 2.05) is 43.9 Å². The molecule has 5 rings (SSSR count). The Hall–Kier alpha value is -3.91. The zero-order valence-electron chi connectivity index (χ0n) is 20.8. The van der Waals surface area contributed by atoms with E-state index < -0.39 is 11.4 Å². The first-order valence-electron chi connectivity index (χ1n) is 11.9. The summed E-state index contributed by atoms with van der Waals surface area (Å²) >= 11 is 1.15. The Balaban J connectivity index is 1.44. The highest BCUT2D eigenvalue weighted by atomic mass is 32.2. The SMILES string of the molecule is CC(C)(C)OC(=O)N1CCC[C@H](n2cc(-c3cc(Sc4ncccc4F)c4c(C#N)cnn4c3)cn2)C1. The molecule has 5 heterocycles. The standard InChI is InChI=1S/C26H26FN7O2S/c1-26(2,3)36-25(35)32-9-5-6-20(16-32)33-15-19(13-30-33)17-10-22(37-24-21(27)7-4-8-29-24)23-18(11-28)12-31-34(23)14-17/h4,7-8,10,12-15,20H,5-6,9,16H2,1-3H3/t20-/m0/s1. The predicted octanol–water partition coefficient (Wildman–Crippen LogP) is 5.33. The maximum Gasteiger partial charge on any atom is 0.410 e. The third-order valence-electron chi connectivity index (χ3n) is 5.99. The van der Waals surface area contributed by atoms with Gasteiger partial charge in [-0.2, -0.15) is 15.5 Å². The summed E-state index contributed by atoms with van der Waals surface area (Å²) in [6, 6.07) is 6.96. The number of ether oxygens (including phenoxy) is 1. The summed E-state index contributed by atoms with van der Waals surface area (Å²) in [5, 5.41) is 18.7. The van der Waals surface area contributed by atoms with Gasteiger partial charge in [0, 0.05) is 47.7 Å². The third-order valence-corrected chi connectivity index (χ3v) is 7.01. The summed E-state index contributed by atoms with van der Waals surface area (Å²) in [7, 11) is 0. The quantitative estimate of drug-likeness (QED) is 0.359. The van der Waals surface area contributed by atoms with Crippen LogP contribution >= 0.6 is 11.8 Å². The number of fused-ring (bicyclic) bond motifs is 1. The molecular formula is C26H26FN7O2S. The molecule has 0 N–H and O–H groups in total. The summed E-state index contributed by atoms with van der Waals surface area (Å²) in [5.41, 5.74) is 2.09. The highest BCUT2D eigenvalue weighted by Crippen LogP contribution is 2.36. The molecule has 0 bridgehead atoms. The van der Waals surface area contributed by atoms with Gasteiger partial charge in [-0.25, -0.2) is 18.7 Å². The normalized spacial score (nSPS) is 16.1. The number of rotatable bonds is 4. The molecule has 11 heteroatoms. The van der Waals surface area contributed by atoms with Crippen molar-refractivity contribution in [2.45, 2.75) is 55.2 Å². The average Bonchev–Trinajstić information content (AvgIpc) is 3.52. The van der Waals surface area contributed by atoms with Crippen molar-refractivity contribution in [2.24, 2.45) is 0 Å². The van der Waals surface area contributed by atoms with Crippen LogP contribution in [0.5, 0.6) is 0 Å². The van der Waals surface area contributed by atoms with Crippen molar-refractivity contribution in [3.05, 3.63) is 60.6 Å². The van der Waals surface area contributed by atoms with E-state index in [1.54, 1.807) is 15.6 Å². The molecule has 0 radical (unpaired) electrons. The largest absolute Gasteiger partial charge is 0.444 e. The van der Waals surface area contributed by atoms with Crippen molar-refractivity contribution >= 4 is 23.4 Å². The van der Waals surface area contributed by atoms with Crippen molar-refractivity contribution < 1.29 is 13.9 Å². The second-order valence-electron chi connectivity index (χ2n) is 9.88. The molecule has 0 aromatic carbocycles. The van der Waals surface area contributed by atoms with Crippen LogP contribution in [0.4, 0.5) is 9.18 Å². The van der Waals surface area contributed by atoms with E-state index in [-0.39, 0.29) is 17.2 Å². The van der Waals surface area contributed by atoms with Crippen LogP contribution in [0.15, 0.2) is 59.1 Å². The third kappa shape index (κ3) is 5.29. The lowest BCUT2D eigenvalue weighted by Gasteiger charge is -2.34. The monoisotopic (exact) mass is 519 g/mol. The molecule has 1 amide bonds. The number of halogens is 1. The van der Waals surface area contributed by atoms with Crippen LogP contribution in [0.1, 0.15) is 45.2 Å². The highest BCUT2D eigenvalue weighted by Gasteiger charge is 2.29. The van der Waals surface area contributed by atoms with Gasteiger partial charge in [0.1, 0.15) is 16.7 Å². The van der Waals surface area contributed by atoms with E-state index in [0.717, 1.165) is 35.7 Å². The number of likely N-dealkylation sites (tertiary alicyclic amines) is 1. The maximum atomic E-state index is 14.4. The molecule has 4 aromatic rings. The Bertz CT molecular complexity index is 1500. The number of carbonyl (C=O) groups excluding carboxylic acids is 1. The fourth-order valence-electron chi connectivity index (χ4n) is 4.30. The van der Waals surface area contributed by atoms with Gasteiger partial charge in [0.25, 0.3) is 0 Å². The van der Waals surface area contributed by atoms with Crippen molar-refractivity contribution in [1.82, 2.24) is 29.3 Å². The van der Waals surface area contributed by atoms with E-state index in [2.05, 4.69) is 21.3 Å². The lowest BCUT2D eigenvalue weighted by molar-refractivity contribution is 0.0167. The Labute approximate surface area is 217 Å². The van der Waals surface area contributed by atoms with Crippen LogP contribution in [0, 0.1) is 17.1 Å². The first-order chi connectivity index (χ1) is 17.7. The van der Waals surface area contributed by atoms with Gasteiger partial charge in [-0.3, -0.25) is 4.68 Å². The van der Waals surface area contributed by atoms with Gasteiger partial charge in [-0.05, 0) is 51.8 Å². The number of amides is 1. The van der Waals surface area contributed by atoms with E-state index >= 15 is 0 Å². The first kappa shape index (κ1) is 24.8. The van der Waals surface area contributed by atoms with Gasteiger partial charge >= 0.3 is 6.09 Å². The molecule has 1 atom stereocenters. The minimum absolute atomic E-state index is 0.0186. The molecule has 1 aliphatic rings. The van der Waals surface area contributed by atoms with Crippen LogP contribution < -0.4 is 0 Å². The number of nitriles is 1. The second-order valence-corrected chi connectivity index (χ2v) is 10.9. The fourth-order valence-corrected chi connectivity index (χ4v) is 5.28. The Morgan fingerprint density at radius 3 is 2.84 bits per heavy atom. The molecule has 37 heavy (non-hydrogen) atoms. The zero-order valence-corrected chi connectivity index (χ0v) is 21.6. The van der Waals surface area contributed by atoms with E-state index in [9.17, 15) is 14.4 Å². The summed E-state index contributed by atoms with van der Waals surface area (Å²) in [6.07, 6.45) is 9.98. The number of pyridine rings is 2. The lowest BCUT2D eigenvalue weighted by Crippen LogP contribution is -2.43. The van der Waals surface area contributed by atoms with Crippen LogP contribution in [0.2, 0.25) is 0 Å². The number of nitrogens with zero attached hydrogens (tertiary/aromatic N) is 7. The van der Waals surface area contributed by atoms with Crippen molar-refractivity contribution in [3.63, 3.8) is 0 Å². The van der Waals surface area contributed by atoms with Crippen molar-refractivity contribution in [2.75, 3.05) is 13.1 Å². The first-order valence-corrected chi connectivity index (χ1v) is 12.8. The summed E-state index contributed by atoms with van der Waals surface area (Å²) in [4.78, 5) is 19.1. The van der Waals surface area contributed by atoms with Crippen LogP contribution in [0.25, 0.3) is 16.6 Å². The van der Waals surface area contributed by atoms with Gasteiger partial charge in [0.15, 0.2) is 5.82 Å². The molecule has 1 saturated heterocycles. The number of carbonyl (C=O) groups is 1. The van der Waals surface area contributed by atoms with Crippen molar-refractivity contribution in [1.29, 1.82) is 5.26 Å². The minimum atomic E-state index is -0.548. The Morgan fingerprint density at radius 2 is 2.08 bits per heavy atom. The number of piperidine rings is 1. The number of hydrogen-bond donors (Lipinski definition) is 0. The zero-order chi connectivity index (χ0) is 26.2. The number of hydrogen-bond acceptors (Lipinski definition) is 7. The summed E-state index contributed by atoms with van der Waals surface area (Å²) < 4.78 is 23.4. The highest BCUT2D eigenvalue weighted by molar-refractivity contribution is 7.99. The smallest absolute Gasteiger partial charge is 0.410 e. The van der Waals surface area contributed by atoms with Crippen molar-refractivity contribution in [3.8, 4) is 17.2 Å². The molecule has 4 aromatic heterocycles. The van der Waals surface area contributed by atoms with Crippen LogP contribution in [0.3, 0.4) is 0 Å². The molecule has 0 aliphatic carbocycles. The molecule has 0 spiro atoms. The topological polar surface area (TPSA) is 101 Å². The molecule has 1 aliphatic heterocycles. The molecule has 0 unspecified atom stereocenters. The van der Waals surface area contributed by atoms with Gasteiger partial charge in [0.05, 0.1) is 29.5 Å². The molecule has 190 valence electrons. The Kier molecular flexibility index (Phi) is 6.60. The van der Waals surface area contributed by atoms with E-state index in [4.69, 9.17) is 4.74 Å². The fraction of sp³-hybridized carbons (Fsp3) is 0.346. The minimum Gasteiger partial charge on any atom is -0.444 e. The maximum absolute atomic E-state index is 14.4. The summed E-state index contributed by atoms with van der Waals surface area (Å²) in [6.45, 7) is 6.74. The van der Waals surface area contributed by atoms with Crippen LogP contribution in [-0.2, 0) is 4.74 Å². The van der Waals surface area contributed by atoms with Gasteiger partial charge < -0.3 is 9.64 Å². The Morgan fingerprint density at radius 1 is 1.24 bits per heavy atom. The van der Waals surface area contributed by atoms with Gasteiger partial charge in [-0.1, -0.05) is 11.8 Å². The predicted molar refractivity (Wildman–Crippen MR) is 136 cm³/mol. The summed E-state index contributed by atoms with van der Waals surface area (Å²) in [5.74, 6) is -0.436. The molecule has 1 fully saturated rings. The molecular weight excluding hydrogens is 493 g/mol. The molecule has 9 nitrogen and oxygen atoms in total. The van der Waals surface area contributed by atoms with E-state index in [1.165, 1.54) is 24.5 Å². The number of aromatic nitrogens is 5. The van der Waals surface area contributed by atoms with Crippen LogP contribution in [-0.4, -0.2) is 54.1 Å². The molecule has 0 saturated carbocycles. The van der Waals surface area contributed by atoms with E-state index in [0.29, 0.717) is 29.1 Å².